The molecule has 106 valence electrons. The fraction of sp³-hybridized carbons (Fsp3) is 0.571. The van der Waals surface area contributed by atoms with E-state index in [0.717, 1.165) is 31.7 Å². The number of morpholine rings is 1. The highest BCUT2D eigenvalue weighted by atomic mass is 35.5. The predicted molar refractivity (Wildman–Crippen MR) is 80.3 cm³/mol. The minimum atomic E-state index is 0.179. The molecule has 1 saturated heterocycles. The topological polar surface area (TPSA) is 24.5 Å². The summed E-state index contributed by atoms with van der Waals surface area (Å²) in [7, 11) is 4.08. The van der Waals surface area contributed by atoms with Crippen LogP contribution in [0.4, 0.5) is 0 Å². The molecule has 1 heterocycles. The fourth-order valence-electron chi connectivity index (χ4n) is 2.42. The number of rotatable bonds is 4. The Bertz CT molecular complexity index is 428. The van der Waals surface area contributed by atoms with E-state index in [1.165, 1.54) is 0 Å². The predicted octanol–water partition coefficient (Wildman–Crippen LogP) is 2.45. The molecule has 0 radical (unpaired) electrons. The lowest BCUT2D eigenvalue weighted by molar-refractivity contribution is -0.0372. The average Bonchev–Trinajstić information content (AvgIpc) is 2.40. The van der Waals surface area contributed by atoms with Crippen molar-refractivity contribution in [1.82, 2.24) is 10.2 Å². The second-order valence-corrected chi connectivity index (χ2v) is 5.77. The molecule has 0 bridgehead atoms. The Morgan fingerprint density at radius 3 is 2.95 bits per heavy atom. The van der Waals surface area contributed by atoms with Crippen molar-refractivity contribution in [2.24, 2.45) is 0 Å². The van der Waals surface area contributed by atoms with E-state index in [1.54, 1.807) is 0 Å². The maximum absolute atomic E-state index is 6.25. The summed E-state index contributed by atoms with van der Waals surface area (Å²) in [5.41, 5.74) is 1.06. The molecule has 3 nitrogen and oxygen atoms in total. The number of nitrogens with one attached hydrogen (secondary N) is 1. The van der Waals surface area contributed by atoms with Crippen LogP contribution >= 0.6 is 23.2 Å². The van der Waals surface area contributed by atoms with Gasteiger partial charge in [-0.1, -0.05) is 35.3 Å². The lowest BCUT2D eigenvalue weighted by Crippen LogP contribution is -2.51. The first kappa shape index (κ1) is 15.1. The molecule has 2 unspecified atom stereocenters. The first-order chi connectivity index (χ1) is 9.11. The van der Waals surface area contributed by atoms with Gasteiger partial charge in [-0.05, 0) is 32.1 Å². The van der Waals surface area contributed by atoms with Gasteiger partial charge < -0.3 is 15.0 Å². The van der Waals surface area contributed by atoms with Gasteiger partial charge in [0.15, 0.2) is 0 Å². The highest BCUT2D eigenvalue weighted by Crippen LogP contribution is 2.27. The van der Waals surface area contributed by atoms with Crippen molar-refractivity contribution < 1.29 is 4.74 Å². The van der Waals surface area contributed by atoms with Crippen LogP contribution in [0.5, 0.6) is 0 Å². The third-order valence-electron chi connectivity index (χ3n) is 3.59. The van der Waals surface area contributed by atoms with Crippen molar-refractivity contribution in [2.45, 2.75) is 18.6 Å². The third kappa shape index (κ3) is 3.83. The van der Waals surface area contributed by atoms with Crippen LogP contribution in [0.15, 0.2) is 18.2 Å². The normalized spacial score (nSPS) is 22.4. The molecule has 0 amide bonds. The molecule has 0 spiro atoms. The molecular weight excluding hydrogens is 283 g/mol. The van der Waals surface area contributed by atoms with Crippen molar-refractivity contribution in [2.75, 3.05) is 33.8 Å². The summed E-state index contributed by atoms with van der Waals surface area (Å²) in [5.74, 6) is 0. The van der Waals surface area contributed by atoms with E-state index in [-0.39, 0.29) is 12.1 Å². The van der Waals surface area contributed by atoms with Crippen molar-refractivity contribution in [3.8, 4) is 0 Å². The zero-order chi connectivity index (χ0) is 13.8. The Morgan fingerprint density at radius 1 is 1.47 bits per heavy atom. The SMILES string of the molecule is CNC(Cc1cccc(Cl)c1Cl)C1CN(C)CCO1. The number of benzene rings is 1. The Hall–Kier alpha value is -0.320. The number of likely N-dealkylation sites (N-methyl/N-ethyl adjacent to an activating group) is 2. The number of hydrogen-bond donors (Lipinski definition) is 1. The van der Waals surface area contributed by atoms with Gasteiger partial charge in [0.1, 0.15) is 0 Å². The summed E-state index contributed by atoms with van der Waals surface area (Å²) < 4.78 is 5.86. The lowest BCUT2D eigenvalue weighted by Gasteiger charge is -2.35. The van der Waals surface area contributed by atoms with Gasteiger partial charge in [-0.25, -0.2) is 0 Å². The lowest BCUT2D eigenvalue weighted by atomic mass is 10.00. The summed E-state index contributed by atoms with van der Waals surface area (Å²) in [6.07, 6.45) is 0.993. The Kier molecular flexibility index (Phi) is 5.48. The molecule has 0 aliphatic carbocycles. The first-order valence-electron chi connectivity index (χ1n) is 6.52. The molecule has 1 N–H and O–H groups in total. The van der Waals surface area contributed by atoms with Crippen LogP contribution in [0.2, 0.25) is 10.0 Å². The molecule has 1 aliphatic heterocycles. The van der Waals surface area contributed by atoms with Crippen LogP contribution < -0.4 is 5.32 Å². The molecule has 1 fully saturated rings. The van der Waals surface area contributed by atoms with Gasteiger partial charge in [0.25, 0.3) is 0 Å². The van der Waals surface area contributed by atoms with Gasteiger partial charge in [0, 0.05) is 19.1 Å². The molecule has 5 heteroatoms. The monoisotopic (exact) mass is 302 g/mol. The largest absolute Gasteiger partial charge is 0.374 e. The summed E-state index contributed by atoms with van der Waals surface area (Å²) >= 11 is 12.3. The van der Waals surface area contributed by atoms with Crippen LogP contribution in [0, 0.1) is 0 Å². The Morgan fingerprint density at radius 2 is 2.26 bits per heavy atom. The van der Waals surface area contributed by atoms with Gasteiger partial charge in [-0.2, -0.15) is 0 Å². The number of halogens is 2. The van der Waals surface area contributed by atoms with Crippen molar-refractivity contribution in [3.63, 3.8) is 0 Å². The molecule has 2 atom stereocenters. The van der Waals surface area contributed by atoms with Crippen LogP contribution in [-0.4, -0.2) is 50.8 Å². The van der Waals surface area contributed by atoms with Crippen molar-refractivity contribution in [1.29, 1.82) is 0 Å². The molecular formula is C14H20Cl2N2O. The Balaban J connectivity index is 2.08. The zero-order valence-electron chi connectivity index (χ0n) is 11.3. The van der Waals surface area contributed by atoms with Crippen LogP contribution in [0.25, 0.3) is 0 Å². The maximum Gasteiger partial charge on any atom is 0.0858 e. The van der Waals surface area contributed by atoms with E-state index in [2.05, 4.69) is 17.3 Å². The second kappa shape index (κ2) is 6.91. The standard InChI is InChI=1S/C14H20Cl2N2O/c1-17-12(13-9-18(2)6-7-19-13)8-10-4-3-5-11(15)14(10)16/h3-5,12-13,17H,6-9H2,1-2H3. The highest BCUT2D eigenvalue weighted by molar-refractivity contribution is 6.42. The molecule has 1 aliphatic rings. The minimum Gasteiger partial charge on any atom is -0.374 e. The van der Waals surface area contributed by atoms with Crippen molar-refractivity contribution in [3.05, 3.63) is 33.8 Å². The van der Waals surface area contributed by atoms with Crippen LogP contribution in [0.1, 0.15) is 5.56 Å². The summed E-state index contributed by atoms with van der Waals surface area (Å²) in [6, 6.07) is 6.00. The summed E-state index contributed by atoms with van der Waals surface area (Å²) in [4.78, 5) is 2.29. The van der Waals surface area contributed by atoms with E-state index in [1.807, 2.05) is 25.2 Å². The zero-order valence-corrected chi connectivity index (χ0v) is 12.8. The summed E-state index contributed by atoms with van der Waals surface area (Å²) in [6.45, 7) is 2.71. The van der Waals surface area contributed by atoms with Crippen molar-refractivity contribution >= 4 is 23.2 Å². The van der Waals surface area contributed by atoms with E-state index in [0.29, 0.717) is 10.0 Å². The Labute approximate surface area is 124 Å². The maximum atomic E-state index is 6.25. The van der Waals surface area contributed by atoms with E-state index in [9.17, 15) is 0 Å². The molecule has 1 aromatic carbocycles. The van der Waals surface area contributed by atoms with Gasteiger partial charge in [-0.3, -0.25) is 0 Å². The number of ether oxygens (including phenoxy) is 1. The van der Waals surface area contributed by atoms with Gasteiger partial charge in [0.2, 0.25) is 0 Å². The van der Waals surface area contributed by atoms with Gasteiger partial charge in [0.05, 0.1) is 22.8 Å². The first-order valence-corrected chi connectivity index (χ1v) is 7.27. The van der Waals surface area contributed by atoms with E-state index < -0.39 is 0 Å². The molecule has 1 aromatic rings. The van der Waals surface area contributed by atoms with E-state index in [4.69, 9.17) is 27.9 Å². The molecule has 0 aromatic heterocycles. The van der Waals surface area contributed by atoms with Gasteiger partial charge >= 0.3 is 0 Å². The second-order valence-electron chi connectivity index (χ2n) is 4.98. The van der Waals surface area contributed by atoms with E-state index >= 15 is 0 Å². The fourth-order valence-corrected chi connectivity index (χ4v) is 2.81. The molecule has 19 heavy (non-hydrogen) atoms. The van der Waals surface area contributed by atoms with Gasteiger partial charge in [-0.15, -0.1) is 0 Å². The van der Waals surface area contributed by atoms with Crippen LogP contribution in [-0.2, 0) is 11.2 Å². The smallest absolute Gasteiger partial charge is 0.0858 e. The molecule has 0 saturated carbocycles. The quantitative estimate of drug-likeness (QED) is 0.925. The third-order valence-corrected chi connectivity index (χ3v) is 4.45. The number of hydrogen-bond acceptors (Lipinski definition) is 3. The average molecular weight is 303 g/mol. The highest BCUT2D eigenvalue weighted by Gasteiger charge is 2.26. The minimum absolute atomic E-state index is 0.179. The van der Waals surface area contributed by atoms with Crippen LogP contribution in [0.3, 0.4) is 0 Å². The number of nitrogens with zero attached hydrogens (tertiary/aromatic N) is 1. The summed E-state index contributed by atoms with van der Waals surface area (Å²) in [5, 5.41) is 4.59. The molecule has 2 rings (SSSR count).